The van der Waals surface area contributed by atoms with Gasteiger partial charge in [-0.25, -0.2) is 4.39 Å². The van der Waals surface area contributed by atoms with Crippen LogP contribution in [-0.2, 0) is 0 Å². The molecule has 0 heterocycles. The third-order valence-corrected chi connectivity index (χ3v) is 2.57. The van der Waals surface area contributed by atoms with Crippen LogP contribution in [0, 0.1) is 15.9 Å². The average Bonchev–Trinajstić information content (AvgIpc) is 2.16. The van der Waals surface area contributed by atoms with Gasteiger partial charge in [-0.2, -0.15) is 0 Å². The molecule has 0 N–H and O–H groups in total. The Balaban J connectivity index is 3.12. The number of allylic oxidation sites excluding steroid dienone is 1. The molecule has 0 unspecified atom stereocenters. The van der Waals surface area contributed by atoms with Crippen molar-refractivity contribution in [3.63, 3.8) is 0 Å². The molecule has 1 aromatic rings. The van der Waals surface area contributed by atoms with Crippen LogP contribution in [0.25, 0.3) is 6.08 Å². The standard InChI is InChI=1S/C10H9BrFNO2/c1-2-9(13(14)15)5-7-3-4-8(12)6-10(7)11/h3-6H,2H2,1H3/b9-5-. The summed E-state index contributed by atoms with van der Waals surface area (Å²) in [5.41, 5.74) is 0.701. The molecule has 0 fully saturated rings. The number of rotatable bonds is 3. The summed E-state index contributed by atoms with van der Waals surface area (Å²) < 4.78 is 13.3. The van der Waals surface area contributed by atoms with E-state index in [4.69, 9.17) is 0 Å². The molecule has 0 radical (unpaired) electrons. The molecule has 0 aliphatic carbocycles. The third kappa shape index (κ3) is 3.13. The van der Waals surface area contributed by atoms with Crippen LogP contribution in [0.2, 0.25) is 0 Å². The van der Waals surface area contributed by atoms with E-state index in [0.717, 1.165) is 0 Å². The second-order valence-corrected chi connectivity index (χ2v) is 3.77. The van der Waals surface area contributed by atoms with Crippen molar-refractivity contribution in [3.05, 3.63) is 49.9 Å². The van der Waals surface area contributed by atoms with E-state index in [-0.39, 0.29) is 11.5 Å². The van der Waals surface area contributed by atoms with Gasteiger partial charge >= 0.3 is 0 Å². The van der Waals surface area contributed by atoms with Gasteiger partial charge in [0.05, 0.1) is 4.92 Å². The molecule has 0 bridgehead atoms. The Kier molecular flexibility index (Phi) is 3.96. The summed E-state index contributed by atoms with van der Waals surface area (Å²) in [5.74, 6) is -0.377. The summed E-state index contributed by atoms with van der Waals surface area (Å²) in [6.07, 6.45) is 1.76. The highest BCUT2D eigenvalue weighted by Crippen LogP contribution is 2.21. The molecular weight excluding hydrogens is 265 g/mol. The summed E-state index contributed by atoms with van der Waals surface area (Å²) in [5, 5.41) is 10.6. The van der Waals surface area contributed by atoms with Crippen molar-refractivity contribution < 1.29 is 9.31 Å². The molecule has 0 aromatic heterocycles. The topological polar surface area (TPSA) is 43.1 Å². The van der Waals surface area contributed by atoms with Gasteiger partial charge in [-0.1, -0.05) is 28.9 Å². The van der Waals surface area contributed by atoms with E-state index in [1.807, 2.05) is 0 Å². The zero-order valence-electron chi connectivity index (χ0n) is 8.04. The van der Waals surface area contributed by atoms with Crippen LogP contribution in [-0.4, -0.2) is 4.92 Å². The summed E-state index contributed by atoms with van der Waals surface area (Å²) in [6, 6.07) is 4.04. The van der Waals surface area contributed by atoms with Crippen molar-refractivity contribution in [2.45, 2.75) is 13.3 Å². The van der Waals surface area contributed by atoms with Crippen molar-refractivity contribution in [2.75, 3.05) is 0 Å². The molecule has 1 aromatic carbocycles. The summed E-state index contributed by atoms with van der Waals surface area (Å²) in [6.45, 7) is 1.70. The van der Waals surface area contributed by atoms with Crippen molar-refractivity contribution in [3.8, 4) is 0 Å². The van der Waals surface area contributed by atoms with E-state index in [0.29, 0.717) is 16.5 Å². The van der Waals surface area contributed by atoms with Gasteiger partial charge in [0.25, 0.3) is 0 Å². The number of nitrogens with zero attached hydrogens (tertiary/aromatic N) is 1. The number of benzene rings is 1. The minimum absolute atomic E-state index is 0.0994. The summed E-state index contributed by atoms with van der Waals surface area (Å²) >= 11 is 3.15. The van der Waals surface area contributed by atoms with Crippen LogP contribution >= 0.6 is 15.9 Å². The Hall–Kier alpha value is -1.23. The van der Waals surface area contributed by atoms with Gasteiger partial charge in [0.15, 0.2) is 0 Å². The zero-order valence-corrected chi connectivity index (χ0v) is 9.62. The van der Waals surface area contributed by atoms with Gasteiger partial charge in [-0.3, -0.25) is 10.1 Å². The molecular formula is C10H9BrFNO2. The number of halogens is 2. The minimum atomic E-state index is -0.435. The monoisotopic (exact) mass is 273 g/mol. The molecule has 0 aliphatic heterocycles. The number of hydrogen-bond acceptors (Lipinski definition) is 2. The fraction of sp³-hybridized carbons (Fsp3) is 0.200. The molecule has 0 spiro atoms. The minimum Gasteiger partial charge on any atom is -0.259 e. The smallest absolute Gasteiger partial charge is 0.246 e. The molecule has 5 heteroatoms. The van der Waals surface area contributed by atoms with E-state index >= 15 is 0 Å². The molecule has 3 nitrogen and oxygen atoms in total. The predicted molar refractivity (Wildman–Crippen MR) is 59.4 cm³/mol. The number of nitro groups is 1. The highest BCUT2D eigenvalue weighted by atomic mass is 79.9. The first-order valence-corrected chi connectivity index (χ1v) is 5.14. The Morgan fingerprint density at radius 2 is 2.33 bits per heavy atom. The molecule has 80 valence electrons. The van der Waals surface area contributed by atoms with Crippen LogP contribution in [0.5, 0.6) is 0 Å². The predicted octanol–water partition coefficient (Wildman–Crippen LogP) is 3.62. The Morgan fingerprint density at radius 3 is 2.80 bits per heavy atom. The molecule has 1 rings (SSSR count). The van der Waals surface area contributed by atoms with Gasteiger partial charge in [-0.15, -0.1) is 0 Å². The Morgan fingerprint density at radius 1 is 1.67 bits per heavy atom. The second kappa shape index (κ2) is 5.02. The van der Waals surface area contributed by atoms with Crippen molar-refractivity contribution in [1.82, 2.24) is 0 Å². The lowest BCUT2D eigenvalue weighted by Gasteiger charge is -1.99. The largest absolute Gasteiger partial charge is 0.259 e. The fourth-order valence-electron chi connectivity index (χ4n) is 1.08. The first-order valence-electron chi connectivity index (χ1n) is 4.34. The molecule has 0 saturated carbocycles. The van der Waals surface area contributed by atoms with E-state index in [1.54, 1.807) is 6.92 Å². The van der Waals surface area contributed by atoms with Gasteiger partial charge in [0.1, 0.15) is 5.82 Å². The van der Waals surface area contributed by atoms with E-state index in [2.05, 4.69) is 15.9 Å². The van der Waals surface area contributed by atoms with Gasteiger partial charge in [0.2, 0.25) is 5.70 Å². The molecule has 0 saturated heterocycles. The lowest BCUT2D eigenvalue weighted by molar-refractivity contribution is -0.425. The molecule has 0 atom stereocenters. The SMILES string of the molecule is CC/C(=C/c1ccc(F)cc1Br)[N+](=O)[O-]. The maximum Gasteiger partial charge on any atom is 0.246 e. The van der Waals surface area contributed by atoms with Crippen LogP contribution in [0.4, 0.5) is 4.39 Å². The van der Waals surface area contributed by atoms with E-state index < -0.39 is 4.92 Å². The van der Waals surface area contributed by atoms with Crippen LogP contribution in [0.1, 0.15) is 18.9 Å². The second-order valence-electron chi connectivity index (χ2n) is 2.91. The van der Waals surface area contributed by atoms with Crippen LogP contribution in [0.3, 0.4) is 0 Å². The first-order chi connectivity index (χ1) is 7.04. The normalized spacial score (nSPS) is 11.5. The zero-order chi connectivity index (χ0) is 11.4. The van der Waals surface area contributed by atoms with Gasteiger partial charge < -0.3 is 0 Å². The highest BCUT2D eigenvalue weighted by molar-refractivity contribution is 9.10. The third-order valence-electron chi connectivity index (χ3n) is 1.88. The quantitative estimate of drug-likeness (QED) is 0.624. The van der Waals surface area contributed by atoms with Crippen LogP contribution in [0.15, 0.2) is 28.4 Å². The van der Waals surface area contributed by atoms with Gasteiger partial charge in [0, 0.05) is 17.0 Å². The fourth-order valence-corrected chi connectivity index (χ4v) is 1.55. The maximum atomic E-state index is 12.7. The summed E-state index contributed by atoms with van der Waals surface area (Å²) in [7, 11) is 0. The van der Waals surface area contributed by atoms with E-state index in [9.17, 15) is 14.5 Å². The Bertz CT molecular complexity index is 418. The van der Waals surface area contributed by atoms with Crippen molar-refractivity contribution in [1.29, 1.82) is 0 Å². The molecule has 0 amide bonds. The van der Waals surface area contributed by atoms with Crippen molar-refractivity contribution in [2.24, 2.45) is 0 Å². The lowest BCUT2D eigenvalue weighted by atomic mass is 10.2. The number of hydrogen-bond donors (Lipinski definition) is 0. The summed E-state index contributed by atoms with van der Waals surface area (Å²) in [4.78, 5) is 10.1. The van der Waals surface area contributed by atoms with Crippen LogP contribution < -0.4 is 0 Å². The van der Waals surface area contributed by atoms with E-state index in [1.165, 1.54) is 24.3 Å². The highest BCUT2D eigenvalue weighted by Gasteiger charge is 2.08. The molecule has 0 aliphatic rings. The Labute approximate surface area is 94.9 Å². The average molecular weight is 274 g/mol. The van der Waals surface area contributed by atoms with Crippen molar-refractivity contribution >= 4 is 22.0 Å². The first kappa shape index (κ1) is 11.8. The lowest BCUT2D eigenvalue weighted by Crippen LogP contribution is -1.96. The van der Waals surface area contributed by atoms with Gasteiger partial charge in [-0.05, 0) is 17.7 Å². The maximum absolute atomic E-state index is 12.7. The molecule has 15 heavy (non-hydrogen) atoms.